The summed E-state index contributed by atoms with van der Waals surface area (Å²) >= 11 is 0. The fourth-order valence-corrected chi connectivity index (χ4v) is 0.389. The van der Waals surface area contributed by atoms with Crippen LogP contribution in [0.1, 0.15) is 20.3 Å². The number of hydrogen-bond acceptors (Lipinski definition) is 3. The van der Waals surface area contributed by atoms with Gasteiger partial charge in [-0.2, -0.15) is 0 Å². The van der Waals surface area contributed by atoms with E-state index in [0.29, 0.717) is 0 Å². The van der Waals surface area contributed by atoms with E-state index < -0.39 is 12.0 Å². The molecule has 72 valence electrons. The van der Waals surface area contributed by atoms with Gasteiger partial charge in [-0.3, -0.25) is 9.59 Å². The highest BCUT2D eigenvalue weighted by atomic mass is 16.4. The normalized spacial score (nSPS) is 10.7. The molecule has 0 fully saturated rings. The Bertz CT molecular complexity index is 148. The summed E-state index contributed by atoms with van der Waals surface area (Å²) in [4.78, 5) is 20.5. The van der Waals surface area contributed by atoms with Crippen molar-refractivity contribution in [2.45, 2.75) is 26.3 Å². The second kappa shape index (κ2) is 8.00. The van der Waals surface area contributed by atoms with E-state index in [9.17, 15) is 9.59 Å². The topological polar surface area (TPSA) is 92.4 Å². The lowest BCUT2D eigenvalue weighted by Crippen LogP contribution is -2.35. The van der Waals surface area contributed by atoms with Crippen LogP contribution in [0.4, 0.5) is 0 Å². The van der Waals surface area contributed by atoms with Crippen molar-refractivity contribution >= 4 is 11.9 Å². The molecule has 4 N–H and O–H groups in total. The summed E-state index contributed by atoms with van der Waals surface area (Å²) < 4.78 is 0. The largest absolute Gasteiger partial charge is 0.480 e. The van der Waals surface area contributed by atoms with Crippen molar-refractivity contribution in [3.05, 3.63) is 0 Å². The Morgan fingerprint density at radius 2 is 1.92 bits per heavy atom. The second-order valence-corrected chi connectivity index (χ2v) is 1.82. The molecule has 0 rings (SSSR count). The summed E-state index contributed by atoms with van der Waals surface area (Å²) in [6.45, 7) is 4.00. The molecule has 5 heteroatoms. The van der Waals surface area contributed by atoms with Crippen molar-refractivity contribution in [2.24, 2.45) is 5.73 Å². The van der Waals surface area contributed by atoms with E-state index in [1.165, 1.54) is 7.05 Å². The molecule has 12 heavy (non-hydrogen) atoms. The first-order chi connectivity index (χ1) is 5.57. The minimum absolute atomic E-state index is 0.175. The standard InChI is InChI=1S/C5H10N2O3.C2H6/c1-7-4(8)2-3(6)5(9)10;1-2/h3H,2,6H2,1H3,(H,7,8)(H,9,10);1-2H3. The lowest BCUT2D eigenvalue weighted by molar-refractivity contribution is -0.140. The molecule has 0 radical (unpaired) electrons. The zero-order valence-corrected chi connectivity index (χ0v) is 7.63. The van der Waals surface area contributed by atoms with Crippen LogP contribution in [0, 0.1) is 0 Å². The van der Waals surface area contributed by atoms with Gasteiger partial charge in [-0.1, -0.05) is 13.8 Å². The van der Waals surface area contributed by atoms with E-state index in [0.717, 1.165) is 0 Å². The average molecular weight is 176 g/mol. The van der Waals surface area contributed by atoms with Crippen LogP contribution in [0.3, 0.4) is 0 Å². The molecule has 0 saturated heterocycles. The van der Waals surface area contributed by atoms with Gasteiger partial charge in [0.05, 0.1) is 6.42 Å². The predicted molar refractivity (Wildman–Crippen MR) is 45.6 cm³/mol. The number of rotatable bonds is 3. The minimum atomic E-state index is -1.16. The average Bonchev–Trinajstić information content (AvgIpc) is 2.07. The summed E-state index contributed by atoms with van der Waals surface area (Å²) in [6, 6.07) is -1.10. The molecule has 1 atom stereocenters. The number of carboxylic acids is 1. The lowest BCUT2D eigenvalue weighted by Gasteiger charge is -2.03. The number of amides is 1. The van der Waals surface area contributed by atoms with Crippen molar-refractivity contribution in [2.75, 3.05) is 7.05 Å². The zero-order valence-electron chi connectivity index (χ0n) is 7.63. The molecule has 5 nitrogen and oxygen atoms in total. The molecule has 1 unspecified atom stereocenters. The van der Waals surface area contributed by atoms with Crippen LogP contribution in [0.2, 0.25) is 0 Å². The van der Waals surface area contributed by atoms with Crippen molar-refractivity contribution < 1.29 is 14.7 Å². The maximum atomic E-state index is 10.5. The van der Waals surface area contributed by atoms with Gasteiger partial charge < -0.3 is 16.2 Å². The number of aliphatic carboxylic acids is 1. The maximum absolute atomic E-state index is 10.5. The minimum Gasteiger partial charge on any atom is -0.480 e. The Kier molecular flexibility index (Phi) is 8.99. The fraction of sp³-hybridized carbons (Fsp3) is 0.714. The summed E-state index contributed by atoms with van der Waals surface area (Å²) in [5, 5.41) is 10.5. The third-order valence-corrected chi connectivity index (χ3v) is 1.00. The SMILES string of the molecule is CC.CNC(=O)CC(N)C(=O)O. The summed E-state index contributed by atoms with van der Waals surface area (Å²) in [7, 11) is 1.43. The van der Waals surface area contributed by atoms with Gasteiger partial charge in [-0.15, -0.1) is 0 Å². The predicted octanol–water partition coefficient (Wildman–Crippen LogP) is -0.439. The number of carbonyl (C=O) groups is 2. The second-order valence-electron chi connectivity index (χ2n) is 1.82. The van der Waals surface area contributed by atoms with Crippen molar-refractivity contribution in [3.63, 3.8) is 0 Å². The molecule has 0 aliphatic heterocycles. The van der Waals surface area contributed by atoms with Crippen molar-refractivity contribution in [3.8, 4) is 0 Å². The molecule has 0 heterocycles. The third kappa shape index (κ3) is 7.01. The van der Waals surface area contributed by atoms with Crippen LogP contribution < -0.4 is 11.1 Å². The van der Waals surface area contributed by atoms with E-state index in [-0.39, 0.29) is 12.3 Å². The molecule has 0 spiro atoms. The fourth-order valence-electron chi connectivity index (χ4n) is 0.389. The van der Waals surface area contributed by atoms with E-state index in [1.54, 1.807) is 0 Å². The third-order valence-electron chi connectivity index (χ3n) is 1.00. The van der Waals surface area contributed by atoms with Gasteiger partial charge in [0.2, 0.25) is 5.91 Å². The van der Waals surface area contributed by atoms with Crippen LogP contribution in [0.25, 0.3) is 0 Å². The van der Waals surface area contributed by atoms with E-state index >= 15 is 0 Å². The maximum Gasteiger partial charge on any atom is 0.321 e. The number of nitrogens with one attached hydrogen (secondary N) is 1. The van der Waals surface area contributed by atoms with Crippen molar-refractivity contribution in [1.29, 1.82) is 0 Å². The highest BCUT2D eigenvalue weighted by molar-refractivity contribution is 5.83. The van der Waals surface area contributed by atoms with Crippen LogP contribution in [0.15, 0.2) is 0 Å². The number of carboxylic acid groups (broad SMARTS) is 1. The molecular weight excluding hydrogens is 160 g/mol. The van der Waals surface area contributed by atoms with Crippen LogP contribution >= 0.6 is 0 Å². The molecule has 0 saturated carbocycles. The number of hydrogen-bond donors (Lipinski definition) is 3. The summed E-state index contributed by atoms with van der Waals surface area (Å²) in [5.41, 5.74) is 5.03. The summed E-state index contributed by atoms with van der Waals surface area (Å²) in [5.74, 6) is -1.53. The molecule has 0 aromatic heterocycles. The highest BCUT2D eigenvalue weighted by Crippen LogP contribution is 1.86. The Balaban J connectivity index is 0. The Morgan fingerprint density at radius 1 is 1.50 bits per heavy atom. The first-order valence-electron chi connectivity index (χ1n) is 3.77. The van der Waals surface area contributed by atoms with Gasteiger partial charge in [0.15, 0.2) is 0 Å². The molecule has 0 bridgehead atoms. The van der Waals surface area contributed by atoms with E-state index in [1.807, 2.05) is 13.8 Å². The summed E-state index contributed by atoms with van der Waals surface area (Å²) in [6.07, 6.45) is -0.175. The molecule has 0 aliphatic carbocycles. The monoisotopic (exact) mass is 176 g/mol. The van der Waals surface area contributed by atoms with Gasteiger partial charge in [0, 0.05) is 7.05 Å². The Morgan fingerprint density at radius 3 is 2.17 bits per heavy atom. The number of carbonyl (C=O) groups excluding carboxylic acids is 1. The Labute approximate surface area is 71.9 Å². The van der Waals surface area contributed by atoms with Gasteiger partial charge >= 0.3 is 5.97 Å². The van der Waals surface area contributed by atoms with Gasteiger partial charge in [0.25, 0.3) is 0 Å². The number of nitrogens with two attached hydrogens (primary N) is 1. The van der Waals surface area contributed by atoms with Crippen molar-refractivity contribution in [1.82, 2.24) is 5.32 Å². The zero-order chi connectivity index (χ0) is 10.1. The molecule has 0 aromatic carbocycles. The highest BCUT2D eigenvalue weighted by Gasteiger charge is 2.14. The van der Waals surface area contributed by atoms with Gasteiger partial charge in [0.1, 0.15) is 6.04 Å². The first-order valence-corrected chi connectivity index (χ1v) is 3.77. The molecule has 1 amide bonds. The van der Waals surface area contributed by atoms with Crippen LogP contribution in [0.5, 0.6) is 0 Å². The van der Waals surface area contributed by atoms with Crippen LogP contribution in [-0.2, 0) is 9.59 Å². The quantitative estimate of drug-likeness (QED) is 0.543. The molecular formula is C7H16N2O3. The molecule has 0 aliphatic rings. The van der Waals surface area contributed by atoms with Crippen LogP contribution in [-0.4, -0.2) is 30.1 Å². The first kappa shape index (κ1) is 13.5. The lowest BCUT2D eigenvalue weighted by atomic mass is 10.2. The van der Waals surface area contributed by atoms with Gasteiger partial charge in [-0.25, -0.2) is 0 Å². The Hall–Kier alpha value is -1.10. The van der Waals surface area contributed by atoms with E-state index in [4.69, 9.17) is 10.8 Å². The molecule has 0 aromatic rings. The van der Waals surface area contributed by atoms with Gasteiger partial charge in [-0.05, 0) is 0 Å². The van der Waals surface area contributed by atoms with E-state index in [2.05, 4.69) is 5.32 Å². The smallest absolute Gasteiger partial charge is 0.321 e.